The maximum Gasteiger partial charge on any atom is 0.258 e. The summed E-state index contributed by atoms with van der Waals surface area (Å²) in [5.74, 6) is -0.105. The van der Waals surface area contributed by atoms with E-state index in [0.29, 0.717) is 18.5 Å². The Balaban J connectivity index is 1.78. The Bertz CT molecular complexity index is 758. The van der Waals surface area contributed by atoms with Crippen LogP contribution >= 0.6 is 0 Å². The molecule has 1 aliphatic rings. The number of fused-ring (bicyclic) bond motifs is 1. The third-order valence-corrected chi connectivity index (χ3v) is 4.27. The van der Waals surface area contributed by atoms with Gasteiger partial charge in [0.2, 0.25) is 5.91 Å². The minimum Gasteiger partial charge on any atom is -0.367 e. The topological polar surface area (TPSA) is 58.6 Å². The number of hydrogen-bond acceptors (Lipinski definition) is 3. The predicted molar refractivity (Wildman–Crippen MR) is 93.0 cm³/mol. The molecule has 0 bridgehead atoms. The monoisotopic (exact) mass is 324 g/mol. The highest BCUT2D eigenvalue weighted by Crippen LogP contribution is 2.29. The highest BCUT2D eigenvalue weighted by molar-refractivity contribution is 5.98. The van der Waals surface area contributed by atoms with Crippen molar-refractivity contribution in [2.24, 2.45) is 0 Å². The molecule has 3 rings (SSSR count). The molecule has 1 aliphatic heterocycles. The number of nitrogens with zero attached hydrogens (tertiary/aromatic N) is 1. The first kappa shape index (κ1) is 16.2. The molecule has 124 valence electrons. The Hall–Kier alpha value is -2.66. The molecule has 5 heteroatoms. The molecule has 0 saturated carbocycles. The largest absolute Gasteiger partial charge is 0.367 e. The molecule has 0 aliphatic carbocycles. The van der Waals surface area contributed by atoms with E-state index in [4.69, 9.17) is 4.74 Å². The molecule has 0 unspecified atom stereocenters. The van der Waals surface area contributed by atoms with Crippen molar-refractivity contribution in [3.63, 3.8) is 0 Å². The summed E-state index contributed by atoms with van der Waals surface area (Å²) in [6, 6.07) is 15.0. The van der Waals surface area contributed by atoms with E-state index in [1.165, 1.54) is 7.11 Å². The van der Waals surface area contributed by atoms with Crippen LogP contribution in [0, 0.1) is 0 Å². The number of benzene rings is 2. The molecule has 5 nitrogen and oxygen atoms in total. The Labute approximate surface area is 141 Å². The van der Waals surface area contributed by atoms with E-state index >= 15 is 0 Å². The van der Waals surface area contributed by atoms with Gasteiger partial charge >= 0.3 is 0 Å². The second-order valence-corrected chi connectivity index (χ2v) is 5.81. The number of methoxy groups -OCH3 is 1. The van der Waals surface area contributed by atoms with Gasteiger partial charge in [0, 0.05) is 32.0 Å². The van der Waals surface area contributed by atoms with Crippen molar-refractivity contribution >= 4 is 23.2 Å². The van der Waals surface area contributed by atoms with E-state index in [0.717, 1.165) is 16.8 Å². The van der Waals surface area contributed by atoms with Crippen molar-refractivity contribution in [2.45, 2.75) is 18.9 Å². The zero-order valence-corrected chi connectivity index (χ0v) is 13.8. The first-order valence-electron chi connectivity index (χ1n) is 7.88. The minimum absolute atomic E-state index is 0.114. The quantitative estimate of drug-likeness (QED) is 0.941. The van der Waals surface area contributed by atoms with E-state index in [2.05, 4.69) is 5.32 Å². The van der Waals surface area contributed by atoms with Gasteiger partial charge in [-0.3, -0.25) is 9.59 Å². The fraction of sp³-hybridized carbons (Fsp3) is 0.263. The van der Waals surface area contributed by atoms with Gasteiger partial charge in [0.05, 0.1) is 0 Å². The summed E-state index contributed by atoms with van der Waals surface area (Å²) in [5, 5.41) is 2.90. The van der Waals surface area contributed by atoms with Crippen LogP contribution in [0.4, 0.5) is 11.4 Å². The van der Waals surface area contributed by atoms with Gasteiger partial charge in [-0.05, 0) is 35.7 Å². The molecule has 2 aromatic carbocycles. The van der Waals surface area contributed by atoms with Crippen LogP contribution in [0.1, 0.15) is 23.7 Å². The van der Waals surface area contributed by atoms with Gasteiger partial charge in [-0.1, -0.05) is 30.3 Å². The molecule has 24 heavy (non-hydrogen) atoms. The van der Waals surface area contributed by atoms with Crippen molar-refractivity contribution < 1.29 is 14.3 Å². The Morgan fingerprint density at radius 3 is 2.62 bits per heavy atom. The second kappa shape index (κ2) is 6.84. The highest BCUT2D eigenvalue weighted by Gasteiger charge is 2.23. The molecule has 1 atom stereocenters. The SMILES string of the molecule is CO[C@@H](C(=O)Nc1ccc2c(c1)CCC(=O)N2C)c1ccccc1. The Morgan fingerprint density at radius 2 is 1.92 bits per heavy atom. The average Bonchev–Trinajstić information content (AvgIpc) is 2.60. The number of carbonyl (C=O) groups excluding carboxylic acids is 2. The molecule has 1 N–H and O–H groups in total. The zero-order chi connectivity index (χ0) is 17.1. The van der Waals surface area contributed by atoms with Crippen LogP contribution < -0.4 is 10.2 Å². The van der Waals surface area contributed by atoms with Gasteiger partial charge in [-0.25, -0.2) is 0 Å². The van der Waals surface area contributed by atoms with Crippen LogP contribution in [-0.2, 0) is 20.7 Å². The van der Waals surface area contributed by atoms with Gasteiger partial charge in [-0.2, -0.15) is 0 Å². The number of ether oxygens (including phenoxy) is 1. The molecule has 2 amide bonds. The second-order valence-electron chi connectivity index (χ2n) is 5.81. The lowest BCUT2D eigenvalue weighted by atomic mass is 10.0. The molecular weight excluding hydrogens is 304 g/mol. The van der Waals surface area contributed by atoms with Crippen LogP contribution in [0.5, 0.6) is 0 Å². The molecule has 1 heterocycles. The number of aryl methyl sites for hydroxylation is 1. The van der Waals surface area contributed by atoms with E-state index in [1.54, 1.807) is 11.9 Å². The Morgan fingerprint density at radius 1 is 1.17 bits per heavy atom. The first-order chi connectivity index (χ1) is 11.6. The zero-order valence-electron chi connectivity index (χ0n) is 13.8. The molecule has 0 fully saturated rings. The normalized spacial score (nSPS) is 14.9. The summed E-state index contributed by atoms with van der Waals surface area (Å²) in [5.41, 5.74) is 3.47. The van der Waals surface area contributed by atoms with E-state index < -0.39 is 6.10 Å². The number of rotatable bonds is 4. The van der Waals surface area contributed by atoms with Crippen LogP contribution in [0.2, 0.25) is 0 Å². The van der Waals surface area contributed by atoms with E-state index in [-0.39, 0.29) is 11.8 Å². The summed E-state index contributed by atoms with van der Waals surface area (Å²) in [7, 11) is 3.29. The fourth-order valence-electron chi connectivity index (χ4n) is 2.96. The van der Waals surface area contributed by atoms with Gasteiger partial charge in [0.1, 0.15) is 0 Å². The summed E-state index contributed by atoms with van der Waals surface area (Å²) in [4.78, 5) is 25.9. The fourth-order valence-corrected chi connectivity index (χ4v) is 2.96. The van der Waals surface area contributed by atoms with Crippen LogP contribution in [0.25, 0.3) is 0 Å². The van der Waals surface area contributed by atoms with Gasteiger partial charge < -0.3 is 15.0 Å². The minimum atomic E-state index is -0.661. The van der Waals surface area contributed by atoms with Crippen molar-refractivity contribution in [3.8, 4) is 0 Å². The number of nitrogens with one attached hydrogen (secondary N) is 1. The molecule has 0 aromatic heterocycles. The highest BCUT2D eigenvalue weighted by atomic mass is 16.5. The van der Waals surface area contributed by atoms with E-state index in [9.17, 15) is 9.59 Å². The van der Waals surface area contributed by atoms with Crippen LogP contribution in [-0.4, -0.2) is 26.0 Å². The van der Waals surface area contributed by atoms with Crippen molar-refractivity contribution in [3.05, 3.63) is 59.7 Å². The van der Waals surface area contributed by atoms with E-state index in [1.807, 2.05) is 48.5 Å². The molecular formula is C19H20N2O3. The van der Waals surface area contributed by atoms with Gasteiger partial charge in [0.25, 0.3) is 5.91 Å². The molecule has 0 radical (unpaired) electrons. The summed E-state index contributed by atoms with van der Waals surface area (Å²) < 4.78 is 5.35. The number of anilines is 2. The number of hydrogen-bond donors (Lipinski definition) is 1. The van der Waals surface area contributed by atoms with Crippen molar-refractivity contribution in [1.29, 1.82) is 0 Å². The summed E-state index contributed by atoms with van der Waals surface area (Å²) in [6.45, 7) is 0. The third kappa shape index (κ3) is 3.16. The molecule has 0 spiro atoms. The van der Waals surface area contributed by atoms with Gasteiger partial charge in [-0.15, -0.1) is 0 Å². The maximum absolute atomic E-state index is 12.5. The lowest BCUT2D eigenvalue weighted by molar-refractivity contribution is -0.126. The Kier molecular flexibility index (Phi) is 4.62. The number of amides is 2. The molecule has 2 aromatic rings. The summed E-state index contributed by atoms with van der Waals surface area (Å²) >= 11 is 0. The van der Waals surface area contributed by atoms with Crippen LogP contribution in [0.3, 0.4) is 0 Å². The lowest BCUT2D eigenvalue weighted by Gasteiger charge is -2.26. The smallest absolute Gasteiger partial charge is 0.258 e. The number of carbonyl (C=O) groups is 2. The third-order valence-electron chi connectivity index (χ3n) is 4.27. The first-order valence-corrected chi connectivity index (χ1v) is 7.88. The average molecular weight is 324 g/mol. The summed E-state index contributed by atoms with van der Waals surface area (Å²) in [6.07, 6.45) is 0.520. The lowest BCUT2D eigenvalue weighted by Crippen LogP contribution is -2.31. The predicted octanol–water partition coefficient (Wildman–Crippen LogP) is 2.92. The van der Waals surface area contributed by atoms with Gasteiger partial charge in [0.15, 0.2) is 6.10 Å². The maximum atomic E-state index is 12.5. The van der Waals surface area contributed by atoms with Crippen LogP contribution in [0.15, 0.2) is 48.5 Å². The molecule has 0 saturated heterocycles. The van der Waals surface area contributed by atoms with Crippen molar-refractivity contribution in [1.82, 2.24) is 0 Å². The standard InChI is InChI=1S/C19H20N2O3/c1-21-16-10-9-15(12-14(16)8-11-17(21)22)20-19(23)18(24-2)13-6-4-3-5-7-13/h3-7,9-10,12,18H,8,11H2,1-2H3,(H,20,23)/t18-/m1/s1. The van der Waals surface area contributed by atoms with Crippen molar-refractivity contribution in [2.75, 3.05) is 24.4 Å².